The van der Waals surface area contributed by atoms with E-state index >= 15 is 0 Å². The molecule has 0 radical (unpaired) electrons. The van der Waals surface area contributed by atoms with Crippen LogP contribution in [0.15, 0.2) is 18.7 Å². The SMILES string of the molecule is Oc1c(I)cc(I)c(O)c1CNc1ncnc2[nH]cnc12. The number of aromatic hydroxyl groups is 2. The Balaban J connectivity index is 1.94. The van der Waals surface area contributed by atoms with E-state index in [0.717, 1.165) is 0 Å². The Morgan fingerprint density at radius 2 is 1.81 bits per heavy atom. The number of aromatic amines is 1. The molecular weight excluding hydrogens is 500 g/mol. The van der Waals surface area contributed by atoms with Crippen LogP contribution in [0.3, 0.4) is 0 Å². The van der Waals surface area contributed by atoms with Crippen LogP contribution in [-0.2, 0) is 6.54 Å². The molecule has 0 bridgehead atoms. The zero-order valence-corrected chi connectivity index (χ0v) is 14.7. The van der Waals surface area contributed by atoms with E-state index in [1.165, 1.54) is 12.7 Å². The molecule has 7 nitrogen and oxygen atoms in total. The zero-order chi connectivity index (χ0) is 15.0. The molecule has 0 saturated heterocycles. The Morgan fingerprint density at radius 1 is 1.10 bits per heavy atom. The molecule has 21 heavy (non-hydrogen) atoms. The number of halogens is 2. The number of hydrogen-bond acceptors (Lipinski definition) is 6. The highest BCUT2D eigenvalue weighted by molar-refractivity contribution is 14.1. The lowest BCUT2D eigenvalue weighted by molar-refractivity contribution is 0.435. The van der Waals surface area contributed by atoms with E-state index in [2.05, 4.69) is 25.3 Å². The van der Waals surface area contributed by atoms with Gasteiger partial charge in [0.15, 0.2) is 11.5 Å². The average Bonchev–Trinajstić information content (AvgIpc) is 2.94. The summed E-state index contributed by atoms with van der Waals surface area (Å²) < 4.78 is 1.36. The lowest BCUT2D eigenvalue weighted by Crippen LogP contribution is -2.04. The van der Waals surface area contributed by atoms with E-state index in [9.17, 15) is 10.2 Å². The summed E-state index contributed by atoms with van der Waals surface area (Å²) >= 11 is 4.05. The monoisotopic (exact) mass is 509 g/mol. The van der Waals surface area contributed by atoms with Crippen LogP contribution in [0, 0.1) is 7.14 Å². The summed E-state index contributed by atoms with van der Waals surface area (Å²) in [6.45, 7) is 0.226. The van der Waals surface area contributed by atoms with Crippen LogP contribution in [0.1, 0.15) is 5.56 Å². The molecule has 0 spiro atoms. The Hall–Kier alpha value is -1.37. The quantitative estimate of drug-likeness (QED) is 0.405. The fourth-order valence-electron chi connectivity index (χ4n) is 1.88. The molecule has 2 heterocycles. The molecule has 0 atom stereocenters. The van der Waals surface area contributed by atoms with Crippen LogP contribution in [0.4, 0.5) is 5.82 Å². The largest absolute Gasteiger partial charge is 0.506 e. The molecule has 9 heteroatoms. The van der Waals surface area contributed by atoms with Gasteiger partial charge in [0.1, 0.15) is 23.3 Å². The number of imidazole rings is 1. The lowest BCUT2D eigenvalue weighted by Gasteiger charge is -2.12. The number of benzene rings is 1. The third kappa shape index (κ3) is 2.71. The first-order valence-electron chi connectivity index (χ1n) is 5.84. The molecule has 0 aliphatic heterocycles. The van der Waals surface area contributed by atoms with Gasteiger partial charge in [-0.05, 0) is 51.2 Å². The summed E-state index contributed by atoms with van der Waals surface area (Å²) in [5.41, 5.74) is 1.66. The predicted octanol–water partition coefficient (Wildman–Crippen LogP) is 2.59. The van der Waals surface area contributed by atoms with Gasteiger partial charge in [0.05, 0.1) is 19.0 Å². The molecule has 2 aromatic heterocycles. The first-order valence-corrected chi connectivity index (χ1v) is 8.00. The molecule has 0 aliphatic rings. The van der Waals surface area contributed by atoms with Crippen LogP contribution in [0.5, 0.6) is 11.5 Å². The summed E-state index contributed by atoms with van der Waals surface area (Å²) in [5, 5.41) is 23.2. The van der Waals surface area contributed by atoms with Gasteiger partial charge < -0.3 is 20.5 Å². The minimum absolute atomic E-state index is 0.0633. The molecule has 1 aromatic carbocycles. The van der Waals surface area contributed by atoms with Gasteiger partial charge in [0.2, 0.25) is 0 Å². The minimum Gasteiger partial charge on any atom is -0.506 e. The summed E-state index contributed by atoms with van der Waals surface area (Å²) in [6, 6.07) is 1.71. The van der Waals surface area contributed by atoms with Crippen molar-refractivity contribution in [3.8, 4) is 11.5 Å². The summed E-state index contributed by atoms with van der Waals surface area (Å²) in [4.78, 5) is 15.2. The third-order valence-corrected chi connectivity index (χ3v) is 4.57. The van der Waals surface area contributed by atoms with E-state index in [0.29, 0.717) is 29.7 Å². The summed E-state index contributed by atoms with van der Waals surface area (Å²) in [6.07, 6.45) is 2.95. The normalized spacial score (nSPS) is 11.0. The van der Waals surface area contributed by atoms with Crippen molar-refractivity contribution in [2.75, 3.05) is 5.32 Å². The van der Waals surface area contributed by atoms with Crippen molar-refractivity contribution < 1.29 is 10.2 Å². The van der Waals surface area contributed by atoms with Crippen molar-refractivity contribution in [3.63, 3.8) is 0 Å². The second-order valence-electron chi connectivity index (χ2n) is 4.19. The van der Waals surface area contributed by atoms with Crippen molar-refractivity contribution >= 4 is 62.2 Å². The Labute approximate surface area is 146 Å². The standard InChI is InChI=1S/C12H9I2N5O2/c13-6-1-7(14)10(21)5(9(6)20)2-15-11-8-12(17-3-16-8)19-4-18-11/h1,3-4,20-21H,2H2,(H2,15,16,17,18,19). The van der Waals surface area contributed by atoms with Gasteiger partial charge in [-0.3, -0.25) is 0 Å². The number of fused-ring (bicyclic) bond motifs is 1. The molecule has 0 amide bonds. The van der Waals surface area contributed by atoms with Gasteiger partial charge in [0, 0.05) is 6.54 Å². The zero-order valence-electron chi connectivity index (χ0n) is 10.4. The number of H-pyrrole nitrogens is 1. The van der Waals surface area contributed by atoms with E-state index in [1.54, 1.807) is 6.07 Å². The van der Waals surface area contributed by atoms with Crippen molar-refractivity contribution in [2.24, 2.45) is 0 Å². The van der Waals surface area contributed by atoms with Crippen molar-refractivity contribution in [2.45, 2.75) is 6.54 Å². The molecule has 4 N–H and O–H groups in total. The fourth-order valence-corrected chi connectivity index (χ4v) is 3.75. The lowest BCUT2D eigenvalue weighted by atomic mass is 10.2. The number of anilines is 1. The maximum absolute atomic E-state index is 10.1. The number of hydrogen-bond donors (Lipinski definition) is 4. The van der Waals surface area contributed by atoms with Gasteiger partial charge >= 0.3 is 0 Å². The Morgan fingerprint density at radius 3 is 2.52 bits per heavy atom. The molecular formula is C12H9I2N5O2. The molecule has 0 fully saturated rings. The first-order chi connectivity index (χ1) is 10.1. The van der Waals surface area contributed by atoms with Gasteiger partial charge in [-0.15, -0.1) is 0 Å². The number of aromatic nitrogens is 4. The maximum atomic E-state index is 10.1. The van der Waals surface area contributed by atoms with E-state index in [4.69, 9.17) is 0 Å². The number of nitrogens with zero attached hydrogens (tertiary/aromatic N) is 3. The average molecular weight is 509 g/mol. The first kappa shape index (κ1) is 14.6. The fraction of sp³-hybridized carbons (Fsp3) is 0.0833. The topological polar surface area (TPSA) is 107 Å². The smallest absolute Gasteiger partial charge is 0.162 e. The van der Waals surface area contributed by atoms with Crippen molar-refractivity contribution in [1.82, 2.24) is 19.9 Å². The third-order valence-electron chi connectivity index (χ3n) is 2.93. The van der Waals surface area contributed by atoms with Crippen LogP contribution < -0.4 is 5.32 Å². The van der Waals surface area contributed by atoms with Gasteiger partial charge in [0.25, 0.3) is 0 Å². The highest BCUT2D eigenvalue weighted by Crippen LogP contribution is 2.36. The van der Waals surface area contributed by atoms with Gasteiger partial charge in [-0.1, -0.05) is 0 Å². The molecule has 3 aromatic rings. The Kier molecular flexibility index (Phi) is 4.01. The minimum atomic E-state index is 0.0633. The van der Waals surface area contributed by atoms with Crippen LogP contribution in [-0.4, -0.2) is 30.1 Å². The number of rotatable bonds is 3. The molecule has 0 saturated carbocycles. The second-order valence-corrected chi connectivity index (χ2v) is 6.52. The van der Waals surface area contributed by atoms with E-state index in [1.807, 2.05) is 45.2 Å². The Bertz CT molecular complexity index is 795. The molecule has 108 valence electrons. The highest BCUT2D eigenvalue weighted by Gasteiger charge is 2.15. The molecule has 3 rings (SSSR count). The molecule has 0 unspecified atom stereocenters. The summed E-state index contributed by atoms with van der Waals surface area (Å²) in [7, 11) is 0. The van der Waals surface area contributed by atoms with Gasteiger partial charge in [-0.25, -0.2) is 15.0 Å². The number of nitrogens with one attached hydrogen (secondary N) is 2. The number of phenols is 2. The van der Waals surface area contributed by atoms with Crippen LogP contribution in [0.2, 0.25) is 0 Å². The van der Waals surface area contributed by atoms with E-state index in [-0.39, 0.29) is 18.0 Å². The van der Waals surface area contributed by atoms with Crippen molar-refractivity contribution in [3.05, 3.63) is 31.4 Å². The van der Waals surface area contributed by atoms with Crippen LogP contribution in [0.25, 0.3) is 11.2 Å². The van der Waals surface area contributed by atoms with E-state index < -0.39 is 0 Å². The maximum Gasteiger partial charge on any atom is 0.162 e. The van der Waals surface area contributed by atoms with Crippen molar-refractivity contribution in [1.29, 1.82) is 0 Å². The van der Waals surface area contributed by atoms with Gasteiger partial charge in [-0.2, -0.15) is 0 Å². The molecule has 0 aliphatic carbocycles. The second kappa shape index (κ2) is 5.79. The highest BCUT2D eigenvalue weighted by atomic mass is 127. The number of phenolic OH excluding ortho intramolecular Hbond substituents is 2. The summed E-state index contributed by atoms with van der Waals surface area (Å²) in [5.74, 6) is 0.663. The van der Waals surface area contributed by atoms with Crippen LogP contribution >= 0.6 is 45.2 Å². The predicted molar refractivity (Wildman–Crippen MR) is 94.2 cm³/mol.